The van der Waals surface area contributed by atoms with Crippen LogP contribution in [-0.2, 0) is 14.4 Å². The molecule has 1 aliphatic rings. The van der Waals surface area contributed by atoms with E-state index in [0.29, 0.717) is 0 Å². The average molecular weight is 276 g/mol. The average Bonchev–Trinajstić information content (AvgIpc) is 2.43. The van der Waals surface area contributed by atoms with Crippen LogP contribution in [0.15, 0.2) is 30.3 Å². The van der Waals surface area contributed by atoms with Crippen molar-refractivity contribution < 1.29 is 19.5 Å². The molecule has 0 saturated carbocycles. The second kappa shape index (κ2) is 5.32. The van der Waals surface area contributed by atoms with Crippen LogP contribution in [0.3, 0.4) is 0 Å². The largest absolute Gasteiger partial charge is 0.480 e. The van der Waals surface area contributed by atoms with Crippen molar-refractivity contribution in [3.63, 3.8) is 0 Å². The lowest BCUT2D eigenvalue weighted by atomic mass is 10.0. The Morgan fingerprint density at radius 1 is 1.10 bits per heavy atom. The second-order valence-corrected chi connectivity index (χ2v) is 4.75. The van der Waals surface area contributed by atoms with Crippen LogP contribution in [0, 0.1) is 0 Å². The number of anilines is 1. The zero-order valence-corrected chi connectivity index (χ0v) is 11.3. The third-order valence-corrected chi connectivity index (χ3v) is 3.43. The van der Waals surface area contributed by atoms with Crippen LogP contribution < -0.4 is 4.90 Å². The molecule has 6 nitrogen and oxygen atoms in total. The molecule has 1 N–H and O–H groups in total. The zero-order valence-electron chi connectivity index (χ0n) is 11.3. The van der Waals surface area contributed by atoms with Crippen molar-refractivity contribution in [3.8, 4) is 0 Å². The molecule has 0 bridgehead atoms. The van der Waals surface area contributed by atoms with Gasteiger partial charge in [-0.25, -0.2) is 0 Å². The fourth-order valence-corrected chi connectivity index (χ4v) is 2.47. The monoisotopic (exact) mass is 276 g/mol. The van der Waals surface area contributed by atoms with Gasteiger partial charge in [0.1, 0.15) is 18.6 Å². The Hall–Kier alpha value is -2.37. The van der Waals surface area contributed by atoms with Crippen molar-refractivity contribution in [2.24, 2.45) is 0 Å². The molecule has 1 aliphatic heterocycles. The SMILES string of the molecule is CC1C(=O)N(CC(=O)O)C(=O)C(C)N1c1ccccc1. The molecule has 106 valence electrons. The van der Waals surface area contributed by atoms with E-state index in [-0.39, 0.29) is 0 Å². The highest BCUT2D eigenvalue weighted by molar-refractivity contribution is 6.07. The maximum Gasteiger partial charge on any atom is 0.323 e. The van der Waals surface area contributed by atoms with Crippen LogP contribution in [0.2, 0.25) is 0 Å². The summed E-state index contributed by atoms with van der Waals surface area (Å²) >= 11 is 0. The van der Waals surface area contributed by atoms with Gasteiger partial charge in [0.05, 0.1) is 0 Å². The lowest BCUT2D eigenvalue weighted by molar-refractivity contribution is -0.156. The summed E-state index contributed by atoms with van der Waals surface area (Å²) in [5.41, 5.74) is 0.768. The Bertz CT molecular complexity index is 521. The number of imide groups is 1. The molecular weight excluding hydrogens is 260 g/mol. The van der Waals surface area contributed by atoms with Gasteiger partial charge in [0.2, 0.25) is 0 Å². The summed E-state index contributed by atoms with van der Waals surface area (Å²) in [6, 6.07) is 7.99. The molecule has 20 heavy (non-hydrogen) atoms. The van der Waals surface area contributed by atoms with E-state index in [1.54, 1.807) is 18.7 Å². The van der Waals surface area contributed by atoms with Gasteiger partial charge < -0.3 is 10.0 Å². The summed E-state index contributed by atoms with van der Waals surface area (Å²) in [6.07, 6.45) is 0. The first-order valence-corrected chi connectivity index (χ1v) is 6.34. The number of carbonyl (C=O) groups is 3. The quantitative estimate of drug-likeness (QED) is 0.823. The molecule has 0 aromatic heterocycles. The molecule has 0 spiro atoms. The Labute approximate surface area is 116 Å². The van der Waals surface area contributed by atoms with Crippen LogP contribution in [0.25, 0.3) is 0 Å². The van der Waals surface area contributed by atoms with Gasteiger partial charge in [0.15, 0.2) is 0 Å². The maximum atomic E-state index is 12.2. The Morgan fingerprint density at radius 2 is 1.60 bits per heavy atom. The first-order valence-electron chi connectivity index (χ1n) is 6.34. The third-order valence-electron chi connectivity index (χ3n) is 3.43. The molecular formula is C14H16N2O4. The minimum absolute atomic E-state index is 0.487. The summed E-state index contributed by atoms with van der Waals surface area (Å²) in [7, 11) is 0. The van der Waals surface area contributed by atoms with Crippen LogP contribution in [-0.4, -0.2) is 46.4 Å². The number of piperazine rings is 1. The van der Waals surface area contributed by atoms with E-state index in [1.807, 2.05) is 30.3 Å². The highest BCUT2D eigenvalue weighted by Crippen LogP contribution is 2.25. The van der Waals surface area contributed by atoms with Crippen LogP contribution >= 0.6 is 0 Å². The number of hydrogen-bond donors (Lipinski definition) is 1. The molecule has 0 aliphatic carbocycles. The molecule has 6 heteroatoms. The van der Waals surface area contributed by atoms with Gasteiger partial charge in [0, 0.05) is 5.69 Å². The number of carboxylic acid groups (broad SMARTS) is 1. The van der Waals surface area contributed by atoms with E-state index < -0.39 is 36.4 Å². The molecule has 1 heterocycles. The molecule has 0 radical (unpaired) electrons. The Kier molecular flexibility index (Phi) is 3.74. The highest BCUT2D eigenvalue weighted by atomic mass is 16.4. The molecule has 2 atom stereocenters. The van der Waals surface area contributed by atoms with Gasteiger partial charge >= 0.3 is 5.97 Å². The van der Waals surface area contributed by atoms with Crippen LogP contribution in [0.1, 0.15) is 13.8 Å². The number of nitrogens with zero attached hydrogens (tertiary/aromatic N) is 2. The summed E-state index contributed by atoms with van der Waals surface area (Å²) in [4.78, 5) is 37.7. The molecule has 1 fully saturated rings. The van der Waals surface area contributed by atoms with E-state index in [9.17, 15) is 14.4 Å². The molecule has 2 unspecified atom stereocenters. The lowest BCUT2D eigenvalue weighted by Crippen LogP contribution is -2.64. The summed E-state index contributed by atoms with van der Waals surface area (Å²) in [5.74, 6) is -2.17. The van der Waals surface area contributed by atoms with Gasteiger partial charge in [-0.3, -0.25) is 19.3 Å². The number of carboxylic acids is 1. The van der Waals surface area contributed by atoms with Crippen molar-refractivity contribution in [3.05, 3.63) is 30.3 Å². The normalized spacial score (nSPS) is 23.1. The molecule has 1 aromatic rings. The second-order valence-electron chi connectivity index (χ2n) is 4.75. The van der Waals surface area contributed by atoms with Crippen LogP contribution in [0.5, 0.6) is 0 Å². The van der Waals surface area contributed by atoms with Gasteiger partial charge in [-0.05, 0) is 26.0 Å². The fourth-order valence-electron chi connectivity index (χ4n) is 2.47. The van der Waals surface area contributed by atoms with Crippen molar-refractivity contribution in [1.29, 1.82) is 0 Å². The number of benzene rings is 1. The number of carbonyl (C=O) groups excluding carboxylic acids is 2. The van der Waals surface area contributed by atoms with E-state index in [2.05, 4.69) is 0 Å². The van der Waals surface area contributed by atoms with E-state index in [0.717, 1.165) is 10.6 Å². The number of amides is 2. The van der Waals surface area contributed by atoms with Gasteiger partial charge in [-0.2, -0.15) is 0 Å². The standard InChI is InChI=1S/C14H16N2O4/c1-9-13(19)15(8-12(17)18)14(20)10(2)16(9)11-6-4-3-5-7-11/h3-7,9-10H,8H2,1-2H3,(H,17,18). The van der Waals surface area contributed by atoms with E-state index in [4.69, 9.17) is 5.11 Å². The lowest BCUT2D eigenvalue weighted by Gasteiger charge is -2.42. The van der Waals surface area contributed by atoms with Gasteiger partial charge in [-0.1, -0.05) is 18.2 Å². The Balaban J connectivity index is 2.33. The van der Waals surface area contributed by atoms with Gasteiger partial charge in [-0.15, -0.1) is 0 Å². The van der Waals surface area contributed by atoms with E-state index in [1.165, 1.54) is 0 Å². The predicted octanol–water partition coefficient (Wildman–Crippen LogP) is 0.723. The minimum atomic E-state index is -1.20. The number of rotatable bonds is 3. The molecule has 1 saturated heterocycles. The van der Waals surface area contributed by atoms with Crippen LogP contribution in [0.4, 0.5) is 5.69 Å². The molecule has 2 rings (SSSR count). The molecule has 2 amide bonds. The minimum Gasteiger partial charge on any atom is -0.480 e. The van der Waals surface area contributed by atoms with E-state index >= 15 is 0 Å². The highest BCUT2D eigenvalue weighted by Gasteiger charge is 2.42. The molecule has 1 aromatic carbocycles. The van der Waals surface area contributed by atoms with Crippen molar-refractivity contribution in [2.45, 2.75) is 25.9 Å². The summed E-state index contributed by atoms with van der Waals surface area (Å²) in [6.45, 7) is 2.76. The van der Waals surface area contributed by atoms with Gasteiger partial charge in [0.25, 0.3) is 11.8 Å². The first-order chi connectivity index (χ1) is 9.43. The topological polar surface area (TPSA) is 77.9 Å². The smallest absolute Gasteiger partial charge is 0.323 e. The first kappa shape index (κ1) is 14.0. The van der Waals surface area contributed by atoms with Crippen molar-refractivity contribution in [2.75, 3.05) is 11.4 Å². The number of para-hydroxylation sites is 1. The fraction of sp³-hybridized carbons (Fsp3) is 0.357. The van der Waals surface area contributed by atoms with Crippen molar-refractivity contribution in [1.82, 2.24) is 4.90 Å². The maximum absolute atomic E-state index is 12.2. The third kappa shape index (κ3) is 2.36. The zero-order chi connectivity index (χ0) is 14.9. The number of hydrogen-bond acceptors (Lipinski definition) is 4. The van der Waals surface area contributed by atoms with Crippen molar-refractivity contribution >= 4 is 23.5 Å². The Morgan fingerprint density at radius 3 is 2.05 bits per heavy atom. The predicted molar refractivity (Wildman–Crippen MR) is 72.2 cm³/mol. The summed E-state index contributed by atoms with van der Waals surface area (Å²) in [5, 5.41) is 8.80. The summed E-state index contributed by atoms with van der Waals surface area (Å²) < 4.78 is 0. The number of aliphatic carboxylic acids is 1.